The minimum atomic E-state index is -3.97. The number of aliphatic hydroxyl groups excluding tert-OH is 1. The number of hydrogen-bond donors (Lipinski definition) is 10. The van der Waals surface area contributed by atoms with Crippen molar-refractivity contribution in [1.29, 1.82) is 0 Å². The van der Waals surface area contributed by atoms with Crippen LogP contribution in [-0.4, -0.2) is 312 Å². The summed E-state index contributed by atoms with van der Waals surface area (Å²) < 4.78 is 51.0. The van der Waals surface area contributed by atoms with E-state index in [1.807, 2.05) is 18.2 Å². The van der Waals surface area contributed by atoms with E-state index in [0.717, 1.165) is 32.8 Å². The van der Waals surface area contributed by atoms with Gasteiger partial charge >= 0.3 is 0 Å². The number of aliphatic hydroxyl groups is 1. The van der Waals surface area contributed by atoms with Crippen LogP contribution in [0.15, 0.2) is 54.6 Å². The first-order valence-corrected chi connectivity index (χ1v) is 41.0. The number of benzene rings is 2. The quantitative estimate of drug-likeness (QED) is 0.0294. The number of amides is 13. The molecule has 0 unspecified atom stereocenters. The zero-order valence-electron chi connectivity index (χ0n) is 64.2. The molecule has 13 amide bonds. The smallest absolute Gasteiger partial charge is 0.246 e. The molecule has 2 aromatic rings. The van der Waals surface area contributed by atoms with Gasteiger partial charge in [0, 0.05) is 70.8 Å². The maximum absolute atomic E-state index is 15.2. The van der Waals surface area contributed by atoms with Crippen molar-refractivity contribution in [2.24, 2.45) is 11.8 Å². The molecular weight excluding hydrogens is 1480 g/mol. The molecule has 0 radical (unpaired) electrons. The number of carbonyl (C=O) groups is 14. The third-order valence-electron chi connectivity index (χ3n) is 19.3. The Bertz CT molecular complexity index is 3800. The van der Waals surface area contributed by atoms with Crippen LogP contribution in [0.25, 0.3) is 0 Å². The molecule has 34 nitrogen and oxygen atoms in total. The Morgan fingerprint density at radius 1 is 0.569 bits per heavy atom. The standard InChI is InChI=1S/C72H110ClN15O19S2/c1-43(2)53(41-89)81-65(96)55-24-17-30-86(55)68(99)45(5)76-59(91)39-52(70(101)87-31-18-25-56(87)71(102)84(9)40-60(92)77-54(42-90)62(93)75-29-33-83(7)8)80-63(94)49(27-34-108(11,104)105)78-67(98)61(44(3)4)82-66(97)58(38-47-22-16-23-48(73)36-47)85(10)72(103)57-26-19-32-88(57)69(100)50(28-35-109(12,106)107)79-64(95)51(74-6)37-46-20-14-13-15-21-46/h13-16,20-23,36,41,43-45,49-58,61,74,90H,17-19,24-35,37-40,42H2,1-12H3,(H,75,93)(H,76,91)(H,77,92)(H,78,98)(H,79,95)(H,80,94)(H,81,96)(H,82,97)/t45-,49-,50-,51-,52-,53+,54-,55-,56-,57-,58-,61-/m0/s1. The first kappa shape index (κ1) is 90.9. The fourth-order valence-electron chi connectivity index (χ4n) is 13.0. The Hall–Kier alpha value is -8.71. The third-order valence-corrected chi connectivity index (χ3v) is 21.5. The first-order chi connectivity index (χ1) is 51.2. The second-order valence-corrected chi connectivity index (χ2v) is 34.1. The normalized spacial score (nSPS) is 18.4. The van der Waals surface area contributed by atoms with Crippen LogP contribution < -0.4 is 47.9 Å². The van der Waals surface area contributed by atoms with Gasteiger partial charge in [0.15, 0.2) is 0 Å². The molecule has 5 rings (SSSR count). The highest BCUT2D eigenvalue weighted by Gasteiger charge is 2.45. The third kappa shape index (κ3) is 28.0. The zero-order valence-corrected chi connectivity index (χ0v) is 66.6. The van der Waals surface area contributed by atoms with Gasteiger partial charge in [0.05, 0.1) is 43.2 Å². The molecule has 37 heteroatoms. The van der Waals surface area contributed by atoms with Crippen molar-refractivity contribution in [1.82, 2.24) is 77.3 Å². The van der Waals surface area contributed by atoms with Crippen molar-refractivity contribution in [2.75, 3.05) is 105 Å². The fourth-order valence-corrected chi connectivity index (χ4v) is 14.6. The average Bonchev–Trinajstić information content (AvgIpc) is 1.76. The van der Waals surface area contributed by atoms with Gasteiger partial charge in [0.25, 0.3) is 0 Å². The zero-order chi connectivity index (χ0) is 81.4. The molecule has 3 aliphatic heterocycles. The number of halogens is 1. The second-order valence-electron chi connectivity index (χ2n) is 29.1. The summed E-state index contributed by atoms with van der Waals surface area (Å²) in [5, 5.41) is 33.8. The van der Waals surface area contributed by atoms with Gasteiger partial charge in [-0.2, -0.15) is 0 Å². The summed E-state index contributed by atoms with van der Waals surface area (Å²) in [6, 6.07) is -1.11. The van der Waals surface area contributed by atoms with Crippen LogP contribution in [0.3, 0.4) is 0 Å². The number of sulfone groups is 2. The van der Waals surface area contributed by atoms with Crippen LogP contribution in [0.1, 0.15) is 104 Å². The fraction of sp³-hybridized carbons (Fsp3) is 0.639. The van der Waals surface area contributed by atoms with Crippen molar-refractivity contribution >= 4 is 114 Å². The van der Waals surface area contributed by atoms with Gasteiger partial charge in [-0.25, -0.2) is 16.8 Å². The molecule has 10 N–H and O–H groups in total. The van der Waals surface area contributed by atoms with Gasteiger partial charge in [0.2, 0.25) is 76.8 Å². The monoisotopic (exact) mass is 1590 g/mol. The Kier molecular flexibility index (Phi) is 35.4. The van der Waals surface area contributed by atoms with E-state index in [-0.39, 0.29) is 88.5 Å². The van der Waals surface area contributed by atoms with E-state index in [2.05, 4.69) is 47.9 Å². The summed E-state index contributed by atoms with van der Waals surface area (Å²) in [6.07, 6.45) is 1.55. The van der Waals surface area contributed by atoms with E-state index in [1.165, 1.54) is 44.7 Å². The molecule has 109 heavy (non-hydrogen) atoms. The summed E-state index contributed by atoms with van der Waals surface area (Å²) in [4.78, 5) is 206. The Morgan fingerprint density at radius 3 is 1.64 bits per heavy atom. The van der Waals surface area contributed by atoms with E-state index < -0.39 is 212 Å². The van der Waals surface area contributed by atoms with Crippen molar-refractivity contribution in [3.8, 4) is 0 Å². The topological polar surface area (TPSA) is 455 Å². The number of nitrogens with one attached hydrogen (secondary N) is 9. The van der Waals surface area contributed by atoms with Gasteiger partial charge in [0.1, 0.15) is 86.4 Å². The Labute approximate surface area is 642 Å². The van der Waals surface area contributed by atoms with Gasteiger partial charge in [-0.05, 0) is 121 Å². The molecule has 0 bridgehead atoms. The summed E-state index contributed by atoms with van der Waals surface area (Å²) in [5.74, 6) is -13.5. The number of aldehydes is 1. The molecule has 0 saturated carbocycles. The average molecular weight is 1590 g/mol. The number of carbonyl (C=O) groups excluding carboxylic acids is 14. The van der Waals surface area contributed by atoms with Crippen molar-refractivity contribution < 1.29 is 89.1 Å². The Balaban J connectivity index is 1.46. The summed E-state index contributed by atoms with van der Waals surface area (Å²) in [7, 11) is -0.00880. The lowest BCUT2D eigenvalue weighted by Gasteiger charge is -2.35. The van der Waals surface area contributed by atoms with E-state index >= 15 is 19.2 Å². The highest BCUT2D eigenvalue weighted by Crippen LogP contribution is 2.26. The molecule has 606 valence electrons. The van der Waals surface area contributed by atoms with Gasteiger partial charge in [-0.1, -0.05) is 81.8 Å². The molecule has 3 fully saturated rings. The van der Waals surface area contributed by atoms with Gasteiger partial charge < -0.3 is 87.2 Å². The number of likely N-dealkylation sites (tertiary alicyclic amines) is 3. The number of likely N-dealkylation sites (N-methyl/N-ethyl adjacent to an activating group) is 4. The predicted molar refractivity (Wildman–Crippen MR) is 403 cm³/mol. The Morgan fingerprint density at radius 2 is 1.10 bits per heavy atom. The lowest BCUT2D eigenvalue weighted by molar-refractivity contribution is -0.148. The van der Waals surface area contributed by atoms with Crippen molar-refractivity contribution in [3.05, 3.63) is 70.7 Å². The molecule has 3 aliphatic rings. The molecular formula is C72H110ClN15O19S2. The van der Waals surface area contributed by atoms with E-state index in [4.69, 9.17) is 11.6 Å². The largest absolute Gasteiger partial charge is 0.394 e. The van der Waals surface area contributed by atoms with Crippen molar-refractivity contribution in [2.45, 2.75) is 178 Å². The molecule has 0 aliphatic carbocycles. The maximum atomic E-state index is 15.2. The van der Waals surface area contributed by atoms with Crippen LogP contribution in [0.5, 0.6) is 0 Å². The number of nitrogens with zero attached hydrogens (tertiary/aromatic N) is 6. The minimum Gasteiger partial charge on any atom is -0.394 e. The minimum absolute atomic E-state index is 0.0000441. The summed E-state index contributed by atoms with van der Waals surface area (Å²) in [5.41, 5.74) is 1.24. The number of hydrogen-bond acceptors (Lipinski definition) is 21. The molecule has 12 atom stereocenters. The predicted octanol–water partition coefficient (Wildman–Crippen LogP) is -3.17. The highest BCUT2D eigenvalue weighted by atomic mass is 35.5. The van der Waals surface area contributed by atoms with Crippen molar-refractivity contribution in [3.63, 3.8) is 0 Å². The molecule has 2 aromatic carbocycles. The summed E-state index contributed by atoms with van der Waals surface area (Å²) in [6.45, 7) is 6.94. The summed E-state index contributed by atoms with van der Waals surface area (Å²) >= 11 is 6.43. The highest BCUT2D eigenvalue weighted by molar-refractivity contribution is 7.90. The van der Waals surface area contributed by atoms with E-state index in [1.54, 1.807) is 76.3 Å². The van der Waals surface area contributed by atoms with Gasteiger partial charge in [-0.3, -0.25) is 62.3 Å². The van der Waals surface area contributed by atoms with E-state index in [9.17, 15) is 69.9 Å². The molecule has 0 aromatic heterocycles. The van der Waals surface area contributed by atoms with E-state index in [0.29, 0.717) is 24.8 Å². The maximum Gasteiger partial charge on any atom is 0.246 e. The van der Waals surface area contributed by atoms with Crippen LogP contribution in [0, 0.1) is 11.8 Å². The van der Waals surface area contributed by atoms with Crippen LogP contribution in [0.4, 0.5) is 0 Å². The SMILES string of the molecule is CN[C@@H](Cc1ccccc1)C(=O)N[C@@H](CCS(C)(=O)=O)C(=O)N1CCC[C@H]1C(=O)N(C)[C@@H](Cc1cccc(Cl)c1)C(=O)N[C@H](C(=O)N[C@@H](CCS(C)(=O)=O)C(=O)N[C@@H](CC(=O)N[C@@H](C)C(=O)N1CCC[C@H]1C(=O)N[C@H](C=O)C(C)C)C(=O)N1CCC[C@H]1C(=O)N(C)CC(=O)N[C@@H](CO)C(=O)NCCN(C)C)C(C)C. The molecule has 3 saturated heterocycles. The lowest BCUT2D eigenvalue weighted by Crippen LogP contribution is -2.61. The molecule has 0 spiro atoms. The number of rotatable bonds is 41. The first-order valence-electron chi connectivity index (χ1n) is 36.5. The van der Waals surface area contributed by atoms with Crippen LogP contribution in [-0.2, 0) is 99.6 Å². The molecule has 3 heterocycles. The lowest BCUT2D eigenvalue weighted by atomic mass is 9.99. The van der Waals surface area contributed by atoms with Crippen LogP contribution in [0.2, 0.25) is 5.02 Å². The van der Waals surface area contributed by atoms with Crippen LogP contribution >= 0.6 is 11.6 Å². The second kappa shape index (κ2) is 42.5. The van der Waals surface area contributed by atoms with Gasteiger partial charge in [-0.15, -0.1) is 0 Å².